The lowest BCUT2D eigenvalue weighted by Gasteiger charge is -2.10. The van der Waals surface area contributed by atoms with Gasteiger partial charge in [-0.05, 0) is 18.9 Å². The molecule has 1 aromatic rings. The molecule has 0 aliphatic carbocycles. The number of carboxylic acid groups (broad SMARTS) is 1. The van der Waals surface area contributed by atoms with Gasteiger partial charge in [0.25, 0.3) is 0 Å². The first-order valence-corrected chi connectivity index (χ1v) is 7.00. The Kier molecular flexibility index (Phi) is 7.88. The van der Waals surface area contributed by atoms with Crippen LogP contribution in [0.15, 0.2) is 24.3 Å². The number of carboxylic acids is 1. The van der Waals surface area contributed by atoms with E-state index in [2.05, 4.69) is 10.1 Å². The second-order valence-corrected chi connectivity index (χ2v) is 4.72. The molecule has 1 aromatic carbocycles. The molecule has 0 heterocycles. The fourth-order valence-electron chi connectivity index (χ4n) is 1.90. The molecule has 7 heteroatoms. The van der Waals surface area contributed by atoms with Crippen LogP contribution < -0.4 is 10.1 Å². The molecule has 22 heavy (non-hydrogen) atoms. The van der Waals surface area contributed by atoms with Gasteiger partial charge in [0.1, 0.15) is 5.75 Å². The van der Waals surface area contributed by atoms with Gasteiger partial charge < -0.3 is 15.2 Å². The molecular formula is C15H19F2NO4. The van der Waals surface area contributed by atoms with Gasteiger partial charge in [-0.3, -0.25) is 9.59 Å². The van der Waals surface area contributed by atoms with Crippen molar-refractivity contribution in [1.29, 1.82) is 0 Å². The zero-order chi connectivity index (χ0) is 16.4. The van der Waals surface area contributed by atoms with E-state index in [1.165, 1.54) is 6.07 Å². The number of nitrogens with one attached hydrogen (secondary N) is 1. The monoisotopic (exact) mass is 315 g/mol. The number of unbranched alkanes of at least 4 members (excludes halogenated alkanes) is 2. The second kappa shape index (κ2) is 9.70. The number of para-hydroxylation sites is 1. The average molecular weight is 315 g/mol. The molecular weight excluding hydrogens is 296 g/mol. The van der Waals surface area contributed by atoms with Crippen molar-refractivity contribution in [2.24, 2.45) is 0 Å². The highest BCUT2D eigenvalue weighted by Crippen LogP contribution is 2.20. The fraction of sp³-hybridized carbons (Fsp3) is 0.467. The number of hydrogen-bond acceptors (Lipinski definition) is 3. The Balaban J connectivity index is 2.31. The minimum atomic E-state index is -2.93. The Hall–Kier alpha value is -2.18. The Bertz CT molecular complexity index is 494. The van der Waals surface area contributed by atoms with Crippen molar-refractivity contribution >= 4 is 11.9 Å². The van der Waals surface area contributed by atoms with E-state index in [9.17, 15) is 18.4 Å². The molecule has 0 unspecified atom stereocenters. The maximum Gasteiger partial charge on any atom is 0.387 e. The van der Waals surface area contributed by atoms with Crippen LogP contribution in [-0.2, 0) is 16.0 Å². The molecule has 0 saturated heterocycles. The van der Waals surface area contributed by atoms with Crippen molar-refractivity contribution in [2.75, 3.05) is 6.54 Å². The first-order valence-electron chi connectivity index (χ1n) is 7.00. The summed E-state index contributed by atoms with van der Waals surface area (Å²) in [6, 6.07) is 6.15. The van der Waals surface area contributed by atoms with Crippen LogP contribution in [0.4, 0.5) is 8.78 Å². The fourth-order valence-corrected chi connectivity index (χ4v) is 1.90. The lowest BCUT2D eigenvalue weighted by Crippen LogP contribution is -2.26. The highest BCUT2D eigenvalue weighted by Gasteiger charge is 2.11. The molecule has 1 amide bonds. The van der Waals surface area contributed by atoms with E-state index >= 15 is 0 Å². The number of ether oxygens (including phenoxy) is 1. The van der Waals surface area contributed by atoms with Crippen molar-refractivity contribution in [2.45, 2.75) is 38.7 Å². The van der Waals surface area contributed by atoms with Gasteiger partial charge in [0.15, 0.2) is 0 Å². The summed E-state index contributed by atoms with van der Waals surface area (Å²) in [5.41, 5.74) is 0.395. The number of alkyl halides is 2. The number of rotatable bonds is 10. The molecule has 122 valence electrons. The zero-order valence-electron chi connectivity index (χ0n) is 12.1. The summed E-state index contributed by atoms with van der Waals surface area (Å²) >= 11 is 0. The molecule has 2 N–H and O–H groups in total. The maximum atomic E-state index is 12.3. The number of benzene rings is 1. The number of carbonyl (C=O) groups excluding carboxylic acids is 1. The van der Waals surface area contributed by atoms with Crippen LogP contribution in [-0.4, -0.2) is 30.1 Å². The van der Waals surface area contributed by atoms with Gasteiger partial charge in [-0.25, -0.2) is 0 Å². The van der Waals surface area contributed by atoms with Gasteiger partial charge in [0.05, 0.1) is 6.42 Å². The summed E-state index contributed by atoms with van der Waals surface area (Å²) in [6.07, 6.45) is 2.02. The van der Waals surface area contributed by atoms with Crippen LogP contribution in [0.25, 0.3) is 0 Å². The lowest BCUT2D eigenvalue weighted by atomic mass is 10.1. The van der Waals surface area contributed by atoms with E-state index in [-0.39, 0.29) is 24.5 Å². The predicted molar refractivity (Wildman–Crippen MR) is 75.9 cm³/mol. The van der Waals surface area contributed by atoms with E-state index < -0.39 is 12.6 Å². The molecule has 0 spiro atoms. The molecule has 0 aliphatic rings. The van der Waals surface area contributed by atoms with Gasteiger partial charge in [0, 0.05) is 18.5 Å². The van der Waals surface area contributed by atoms with E-state index in [0.29, 0.717) is 31.4 Å². The van der Waals surface area contributed by atoms with Crippen LogP contribution in [0.5, 0.6) is 5.75 Å². The zero-order valence-corrected chi connectivity index (χ0v) is 12.1. The summed E-state index contributed by atoms with van der Waals surface area (Å²) in [5, 5.41) is 11.1. The van der Waals surface area contributed by atoms with E-state index in [0.717, 1.165) is 0 Å². The number of carbonyl (C=O) groups is 2. The van der Waals surface area contributed by atoms with E-state index in [4.69, 9.17) is 5.11 Å². The molecule has 0 saturated carbocycles. The number of hydrogen-bond donors (Lipinski definition) is 2. The number of halogens is 2. The van der Waals surface area contributed by atoms with E-state index in [1.807, 2.05) is 0 Å². The van der Waals surface area contributed by atoms with Crippen LogP contribution in [0.3, 0.4) is 0 Å². The van der Waals surface area contributed by atoms with Crippen molar-refractivity contribution < 1.29 is 28.2 Å². The summed E-state index contributed by atoms with van der Waals surface area (Å²) in [7, 11) is 0. The van der Waals surface area contributed by atoms with Gasteiger partial charge in [-0.1, -0.05) is 24.6 Å². The largest absolute Gasteiger partial charge is 0.481 e. The third kappa shape index (κ3) is 7.56. The second-order valence-electron chi connectivity index (χ2n) is 4.72. The van der Waals surface area contributed by atoms with Crippen LogP contribution in [0.1, 0.15) is 31.2 Å². The molecule has 0 bridgehead atoms. The standard InChI is InChI=1S/C15H19F2NO4/c16-15(17)22-12-7-4-3-6-11(12)10-13(19)18-9-5-1-2-8-14(20)21/h3-4,6-7,15H,1-2,5,8-10H2,(H,18,19)(H,20,21). The topological polar surface area (TPSA) is 75.6 Å². The van der Waals surface area contributed by atoms with Gasteiger partial charge in [-0.15, -0.1) is 0 Å². The van der Waals surface area contributed by atoms with E-state index in [1.54, 1.807) is 18.2 Å². The summed E-state index contributed by atoms with van der Waals surface area (Å²) in [4.78, 5) is 22.1. The van der Waals surface area contributed by atoms with Gasteiger partial charge in [0.2, 0.25) is 5.91 Å². The highest BCUT2D eigenvalue weighted by molar-refractivity contribution is 5.79. The van der Waals surface area contributed by atoms with Crippen LogP contribution in [0, 0.1) is 0 Å². The predicted octanol–water partition coefficient (Wildman–Crippen LogP) is 2.59. The average Bonchev–Trinajstić information content (AvgIpc) is 2.44. The summed E-state index contributed by atoms with van der Waals surface area (Å²) < 4.78 is 28.9. The summed E-state index contributed by atoms with van der Waals surface area (Å²) in [6.45, 7) is -2.51. The minimum Gasteiger partial charge on any atom is -0.481 e. The third-order valence-electron chi connectivity index (χ3n) is 2.93. The first-order chi connectivity index (χ1) is 10.5. The Labute approximate surface area is 127 Å². The van der Waals surface area contributed by atoms with Crippen molar-refractivity contribution in [3.63, 3.8) is 0 Å². The smallest absolute Gasteiger partial charge is 0.387 e. The van der Waals surface area contributed by atoms with Crippen LogP contribution in [0.2, 0.25) is 0 Å². The lowest BCUT2D eigenvalue weighted by molar-refractivity contribution is -0.137. The summed E-state index contributed by atoms with van der Waals surface area (Å²) in [5.74, 6) is -1.13. The quantitative estimate of drug-likeness (QED) is 0.651. The third-order valence-corrected chi connectivity index (χ3v) is 2.93. The molecule has 0 atom stereocenters. The normalized spacial score (nSPS) is 10.5. The van der Waals surface area contributed by atoms with Crippen molar-refractivity contribution in [3.05, 3.63) is 29.8 Å². The Morgan fingerprint density at radius 3 is 2.59 bits per heavy atom. The van der Waals surface area contributed by atoms with Crippen LogP contribution >= 0.6 is 0 Å². The highest BCUT2D eigenvalue weighted by atomic mass is 19.3. The number of aliphatic carboxylic acids is 1. The minimum absolute atomic E-state index is 0.00546. The van der Waals surface area contributed by atoms with Gasteiger partial charge >= 0.3 is 12.6 Å². The molecule has 0 radical (unpaired) electrons. The first kappa shape index (κ1) is 17.9. The maximum absolute atomic E-state index is 12.3. The molecule has 5 nitrogen and oxygen atoms in total. The van der Waals surface area contributed by atoms with Crippen molar-refractivity contribution in [1.82, 2.24) is 5.32 Å². The SMILES string of the molecule is O=C(O)CCCCCNC(=O)Cc1ccccc1OC(F)F. The molecule has 0 fully saturated rings. The molecule has 0 aliphatic heterocycles. The Morgan fingerprint density at radius 1 is 1.18 bits per heavy atom. The van der Waals surface area contributed by atoms with Gasteiger partial charge in [-0.2, -0.15) is 8.78 Å². The molecule has 1 rings (SSSR count). The van der Waals surface area contributed by atoms with Crippen molar-refractivity contribution in [3.8, 4) is 5.75 Å². The number of amides is 1. The molecule has 0 aromatic heterocycles. The Morgan fingerprint density at radius 2 is 1.91 bits per heavy atom.